The van der Waals surface area contributed by atoms with Gasteiger partial charge in [0, 0.05) is 11.3 Å². The minimum absolute atomic E-state index is 0.242. The molecule has 8 heteroatoms. The SMILES string of the molecule is Cc1ccc(F)c(-c2c(NN)nc(Nc3ccccc3)nc2NN)c1. The van der Waals surface area contributed by atoms with Gasteiger partial charge in [0.25, 0.3) is 0 Å². The maximum Gasteiger partial charge on any atom is 0.231 e. The van der Waals surface area contributed by atoms with Crippen molar-refractivity contribution in [2.75, 3.05) is 16.2 Å². The van der Waals surface area contributed by atoms with Gasteiger partial charge in [-0.1, -0.05) is 29.8 Å². The highest BCUT2D eigenvalue weighted by Gasteiger charge is 2.19. The number of hydrogen-bond donors (Lipinski definition) is 5. The van der Waals surface area contributed by atoms with Crippen LogP contribution in [0.25, 0.3) is 11.1 Å². The van der Waals surface area contributed by atoms with E-state index in [9.17, 15) is 4.39 Å². The van der Waals surface area contributed by atoms with Gasteiger partial charge in [-0.05, 0) is 31.2 Å². The van der Waals surface area contributed by atoms with E-state index in [-0.39, 0.29) is 17.6 Å². The normalized spacial score (nSPS) is 10.4. The average molecular weight is 339 g/mol. The molecule has 3 aromatic rings. The summed E-state index contributed by atoms with van der Waals surface area (Å²) < 4.78 is 14.3. The Balaban J connectivity index is 2.11. The van der Waals surface area contributed by atoms with Crippen LogP contribution in [0.5, 0.6) is 0 Å². The number of hydrazine groups is 2. The Morgan fingerprint density at radius 1 is 0.920 bits per heavy atom. The highest BCUT2D eigenvalue weighted by atomic mass is 19.1. The predicted molar refractivity (Wildman–Crippen MR) is 97.5 cm³/mol. The molecule has 0 saturated heterocycles. The van der Waals surface area contributed by atoms with Gasteiger partial charge in [0.15, 0.2) is 11.6 Å². The monoisotopic (exact) mass is 339 g/mol. The van der Waals surface area contributed by atoms with Crippen molar-refractivity contribution in [3.8, 4) is 11.1 Å². The van der Waals surface area contributed by atoms with Crippen molar-refractivity contribution in [2.24, 2.45) is 11.7 Å². The van der Waals surface area contributed by atoms with Crippen LogP contribution < -0.4 is 27.9 Å². The lowest BCUT2D eigenvalue weighted by molar-refractivity contribution is 0.631. The summed E-state index contributed by atoms with van der Waals surface area (Å²) in [7, 11) is 0. The summed E-state index contributed by atoms with van der Waals surface area (Å²) in [6.07, 6.45) is 0. The number of nitrogen functional groups attached to an aromatic ring is 2. The Bertz CT molecular complexity index is 858. The molecule has 1 heterocycles. The van der Waals surface area contributed by atoms with Crippen molar-refractivity contribution in [3.63, 3.8) is 0 Å². The Morgan fingerprint density at radius 2 is 1.56 bits per heavy atom. The van der Waals surface area contributed by atoms with Crippen LogP contribution in [0.4, 0.5) is 27.7 Å². The van der Waals surface area contributed by atoms with Gasteiger partial charge in [0.1, 0.15) is 5.82 Å². The molecule has 0 fully saturated rings. The second-order valence-corrected chi connectivity index (χ2v) is 5.38. The fraction of sp³-hybridized carbons (Fsp3) is 0.0588. The van der Waals surface area contributed by atoms with Gasteiger partial charge in [0.05, 0.1) is 5.56 Å². The number of nitrogens with zero attached hydrogens (tertiary/aromatic N) is 2. The standard InChI is InChI=1S/C17H18FN7/c1-10-7-8-13(18)12(9-10)14-15(24-19)22-17(23-16(14)25-20)21-11-5-3-2-4-6-11/h2-9H,19-20H2,1H3,(H3,21,22,23,24,25). The van der Waals surface area contributed by atoms with Crippen molar-refractivity contribution in [3.05, 3.63) is 59.9 Å². The van der Waals surface area contributed by atoms with E-state index in [0.29, 0.717) is 11.1 Å². The van der Waals surface area contributed by atoms with Crippen LogP contribution >= 0.6 is 0 Å². The van der Waals surface area contributed by atoms with Crippen LogP contribution in [0.1, 0.15) is 5.56 Å². The van der Waals surface area contributed by atoms with Gasteiger partial charge in [-0.25, -0.2) is 16.1 Å². The lowest BCUT2D eigenvalue weighted by Gasteiger charge is -2.16. The molecule has 0 amide bonds. The Labute approximate surface area is 144 Å². The van der Waals surface area contributed by atoms with Crippen LogP contribution in [-0.4, -0.2) is 9.97 Å². The summed E-state index contributed by atoms with van der Waals surface area (Å²) in [6, 6.07) is 14.1. The maximum absolute atomic E-state index is 14.3. The van der Waals surface area contributed by atoms with Gasteiger partial charge < -0.3 is 16.2 Å². The summed E-state index contributed by atoms with van der Waals surface area (Å²) in [6.45, 7) is 1.86. The minimum atomic E-state index is -0.425. The van der Waals surface area contributed by atoms with Crippen molar-refractivity contribution in [2.45, 2.75) is 6.92 Å². The van der Waals surface area contributed by atoms with Gasteiger partial charge in [-0.3, -0.25) is 0 Å². The molecule has 3 rings (SSSR count). The number of nitrogens with one attached hydrogen (secondary N) is 3. The number of hydrogen-bond acceptors (Lipinski definition) is 7. The van der Waals surface area contributed by atoms with Crippen LogP contribution in [0.3, 0.4) is 0 Å². The van der Waals surface area contributed by atoms with E-state index in [2.05, 4.69) is 26.1 Å². The third-order valence-electron chi connectivity index (χ3n) is 3.60. The Kier molecular flexibility index (Phi) is 4.73. The molecular formula is C17H18FN7. The molecule has 128 valence electrons. The first-order valence-corrected chi connectivity index (χ1v) is 7.56. The maximum atomic E-state index is 14.3. The summed E-state index contributed by atoms with van der Waals surface area (Å²) in [5.41, 5.74) is 7.30. The van der Waals surface area contributed by atoms with Gasteiger partial charge >= 0.3 is 0 Å². The van der Waals surface area contributed by atoms with Gasteiger partial charge in [-0.2, -0.15) is 9.97 Å². The fourth-order valence-corrected chi connectivity index (χ4v) is 2.46. The van der Waals surface area contributed by atoms with E-state index in [1.54, 1.807) is 12.1 Å². The van der Waals surface area contributed by atoms with E-state index >= 15 is 0 Å². The molecule has 0 bridgehead atoms. The Hall–Kier alpha value is -3.23. The second kappa shape index (κ2) is 7.12. The molecule has 7 N–H and O–H groups in total. The molecular weight excluding hydrogens is 321 g/mol. The number of para-hydroxylation sites is 1. The van der Waals surface area contributed by atoms with Gasteiger partial charge in [-0.15, -0.1) is 0 Å². The van der Waals surface area contributed by atoms with Crippen LogP contribution in [0, 0.1) is 12.7 Å². The fourth-order valence-electron chi connectivity index (χ4n) is 2.46. The minimum Gasteiger partial charge on any atom is -0.324 e. The van der Waals surface area contributed by atoms with Gasteiger partial charge in [0.2, 0.25) is 5.95 Å². The Morgan fingerprint density at radius 3 is 2.16 bits per heavy atom. The summed E-state index contributed by atoms with van der Waals surface area (Å²) >= 11 is 0. The third-order valence-corrected chi connectivity index (χ3v) is 3.60. The summed E-state index contributed by atoms with van der Waals surface area (Å²) in [5.74, 6) is 11.5. The van der Waals surface area contributed by atoms with Crippen LogP contribution in [-0.2, 0) is 0 Å². The first kappa shape index (κ1) is 16.6. The first-order valence-electron chi connectivity index (χ1n) is 7.56. The topological polar surface area (TPSA) is 114 Å². The van der Waals surface area contributed by atoms with Crippen molar-refractivity contribution < 1.29 is 4.39 Å². The number of halogens is 1. The van der Waals surface area contributed by atoms with Crippen LogP contribution in [0.15, 0.2) is 48.5 Å². The molecule has 0 radical (unpaired) electrons. The quantitative estimate of drug-likeness (QED) is 0.359. The second-order valence-electron chi connectivity index (χ2n) is 5.38. The number of nitrogens with two attached hydrogens (primary N) is 2. The largest absolute Gasteiger partial charge is 0.324 e. The lowest BCUT2D eigenvalue weighted by Crippen LogP contribution is -2.17. The molecule has 2 aromatic carbocycles. The van der Waals surface area contributed by atoms with Crippen molar-refractivity contribution in [1.82, 2.24) is 9.97 Å². The summed E-state index contributed by atoms with van der Waals surface area (Å²) in [4.78, 5) is 8.64. The van der Waals surface area contributed by atoms with E-state index in [0.717, 1.165) is 11.3 Å². The van der Waals surface area contributed by atoms with E-state index in [1.807, 2.05) is 37.3 Å². The van der Waals surface area contributed by atoms with E-state index < -0.39 is 5.82 Å². The molecule has 1 aromatic heterocycles. The lowest BCUT2D eigenvalue weighted by atomic mass is 10.0. The number of aryl methyl sites for hydroxylation is 1. The molecule has 0 aliphatic carbocycles. The average Bonchev–Trinajstić information content (AvgIpc) is 2.64. The first-order chi connectivity index (χ1) is 12.1. The van der Waals surface area contributed by atoms with E-state index in [1.165, 1.54) is 6.07 Å². The molecule has 0 atom stereocenters. The van der Waals surface area contributed by atoms with Crippen molar-refractivity contribution in [1.29, 1.82) is 0 Å². The zero-order valence-electron chi connectivity index (χ0n) is 13.5. The smallest absolute Gasteiger partial charge is 0.231 e. The zero-order valence-corrected chi connectivity index (χ0v) is 13.5. The molecule has 0 aliphatic heterocycles. The molecule has 7 nitrogen and oxygen atoms in total. The molecule has 0 unspecified atom stereocenters. The zero-order chi connectivity index (χ0) is 17.8. The molecule has 0 spiro atoms. The predicted octanol–water partition coefficient (Wildman–Crippen LogP) is 2.91. The molecule has 0 saturated carbocycles. The molecule has 25 heavy (non-hydrogen) atoms. The highest BCUT2D eigenvalue weighted by Crippen LogP contribution is 2.35. The number of rotatable bonds is 5. The van der Waals surface area contributed by atoms with E-state index in [4.69, 9.17) is 11.7 Å². The molecule has 0 aliphatic rings. The third kappa shape index (κ3) is 3.49. The van der Waals surface area contributed by atoms with Crippen LogP contribution in [0.2, 0.25) is 0 Å². The number of benzene rings is 2. The van der Waals surface area contributed by atoms with Crippen molar-refractivity contribution >= 4 is 23.3 Å². The summed E-state index contributed by atoms with van der Waals surface area (Å²) in [5, 5.41) is 3.05. The highest BCUT2D eigenvalue weighted by molar-refractivity contribution is 5.86. The number of anilines is 4. The number of aromatic nitrogens is 2.